The highest BCUT2D eigenvalue weighted by Gasteiger charge is 2.21. The molecule has 2 aromatic heterocycles. The van der Waals surface area contributed by atoms with Crippen LogP contribution in [0.1, 0.15) is 0 Å². The topological polar surface area (TPSA) is 45.2 Å². The van der Waals surface area contributed by atoms with Crippen molar-refractivity contribution in [1.82, 2.24) is 15.0 Å². The van der Waals surface area contributed by atoms with Crippen LogP contribution in [0.4, 0.5) is 11.6 Å². The molecule has 4 rings (SSSR count). The number of halogens is 1. The van der Waals surface area contributed by atoms with Crippen LogP contribution >= 0.6 is 11.6 Å². The number of nitrogens with zero attached hydrogens (tertiary/aromatic N) is 5. The van der Waals surface area contributed by atoms with Crippen LogP contribution < -0.4 is 9.80 Å². The molecule has 23 heavy (non-hydrogen) atoms. The second-order valence-electron chi connectivity index (χ2n) is 5.50. The van der Waals surface area contributed by atoms with E-state index < -0.39 is 0 Å². The van der Waals surface area contributed by atoms with E-state index in [1.165, 1.54) is 0 Å². The molecule has 0 atom stereocenters. The standard InChI is InChI=1S/C17H16ClN5/c18-17-20-14-6-2-1-5-13(14)16(21-17)23-11-9-22(10-12-23)15-7-3-4-8-19-15/h1-8H,9-12H2. The first-order valence-corrected chi connectivity index (χ1v) is 8.02. The van der Waals surface area contributed by atoms with Gasteiger partial charge >= 0.3 is 0 Å². The Bertz CT molecular complexity index is 816. The Balaban J connectivity index is 1.59. The summed E-state index contributed by atoms with van der Waals surface area (Å²) in [7, 11) is 0. The summed E-state index contributed by atoms with van der Waals surface area (Å²) in [6.45, 7) is 3.59. The third-order valence-electron chi connectivity index (χ3n) is 4.11. The second kappa shape index (κ2) is 6.01. The van der Waals surface area contributed by atoms with Crippen molar-refractivity contribution in [2.75, 3.05) is 36.0 Å². The molecule has 3 aromatic rings. The lowest BCUT2D eigenvalue weighted by molar-refractivity contribution is 0.643. The third-order valence-corrected chi connectivity index (χ3v) is 4.28. The molecule has 1 saturated heterocycles. The van der Waals surface area contributed by atoms with Crippen LogP contribution in [-0.4, -0.2) is 41.1 Å². The molecule has 0 bridgehead atoms. The van der Waals surface area contributed by atoms with Gasteiger partial charge in [0.05, 0.1) is 5.52 Å². The minimum atomic E-state index is 0.297. The number of piperazine rings is 1. The van der Waals surface area contributed by atoms with Crippen LogP contribution in [-0.2, 0) is 0 Å². The van der Waals surface area contributed by atoms with Gasteiger partial charge in [0.2, 0.25) is 5.28 Å². The third kappa shape index (κ3) is 2.80. The fourth-order valence-electron chi connectivity index (χ4n) is 2.96. The highest BCUT2D eigenvalue weighted by atomic mass is 35.5. The van der Waals surface area contributed by atoms with Gasteiger partial charge in [-0.05, 0) is 35.9 Å². The number of hydrogen-bond acceptors (Lipinski definition) is 5. The Kier molecular flexibility index (Phi) is 3.71. The quantitative estimate of drug-likeness (QED) is 0.678. The van der Waals surface area contributed by atoms with Crippen molar-refractivity contribution in [1.29, 1.82) is 0 Å². The highest BCUT2D eigenvalue weighted by molar-refractivity contribution is 6.28. The van der Waals surface area contributed by atoms with E-state index in [1.807, 2.05) is 48.7 Å². The molecule has 1 aliphatic heterocycles. The van der Waals surface area contributed by atoms with Crippen LogP contribution in [0.25, 0.3) is 10.9 Å². The maximum atomic E-state index is 6.10. The van der Waals surface area contributed by atoms with E-state index in [9.17, 15) is 0 Å². The molecule has 1 aromatic carbocycles. The Morgan fingerprint density at radius 2 is 1.57 bits per heavy atom. The van der Waals surface area contributed by atoms with Crippen molar-refractivity contribution < 1.29 is 0 Å². The monoisotopic (exact) mass is 325 g/mol. The summed E-state index contributed by atoms with van der Waals surface area (Å²) in [5.74, 6) is 1.94. The first kappa shape index (κ1) is 14.2. The summed E-state index contributed by atoms with van der Waals surface area (Å²) < 4.78 is 0. The maximum Gasteiger partial charge on any atom is 0.224 e. The van der Waals surface area contributed by atoms with E-state index in [0.29, 0.717) is 5.28 Å². The number of fused-ring (bicyclic) bond motifs is 1. The minimum Gasteiger partial charge on any atom is -0.353 e. The van der Waals surface area contributed by atoms with Gasteiger partial charge < -0.3 is 9.80 Å². The zero-order chi connectivity index (χ0) is 15.6. The molecule has 1 aliphatic rings. The predicted molar refractivity (Wildman–Crippen MR) is 93.2 cm³/mol. The zero-order valence-electron chi connectivity index (χ0n) is 12.6. The smallest absolute Gasteiger partial charge is 0.224 e. The largest absolute Gasteiger partial charge is 0.353 e. The van der Waals surface area contributed by atoms with Crippen molar-refractivity contribution >= 4 is 34.1 Å². The summed E-state index contributed by atoms with van der Waals surface area (Å²) in [5.41, 5.74) is 0.884. The average Bonchev–Trinajstić information content (AvgIpc) is 2.62. The van der Waals surface area contributed by atoms with E-state index >= 15 is 0 Å². The summed E-state index contributed by atoms with van der Waals surface area (Å²) in [6.07, 6.45) is 1.83. The van der Waals surface area contributed by atoms with Crippen LogP contribution in [0.5, 0.6) is 0 Å². The highest BCUT2D eigenvalue weighted by Crippen LogP contribution is 2.26. The van der Waals surface area contributed by atoms with E-state index in [-0.39, 0.29) is 0 Å². The lowest BCUT2D eigenvalue weighted by Gasteiger charge is -2.36. The first-order valence-electron chi connectivity index (χ1n) is 7.64. The lowest BCUT2D eigenvalue weighted by atomic mass is 10.2. The summed E-state index contributed by atoms with van der Waals surface area (Å²) in [5, 5.41) is 1.34. The van der Waals surface area contributed by atoms with Crippen molar-refractivity contribution in [2.45, 2.75) is 0 Å². The molecule has 0 spiro atoms. The van der Waals surface area contributed by atoms with Gasteiger partial charge in [0.1, 0.15) is 11.6 Å². The van der Waals surface area contributed by atoms with Gasteiger partial charge in [-0.25, -0.2) is 9.97 Å². The SMILES string of the molecule is Clc1nc(N2CCN(c3ccccn3)CC2)c2ccccc2n1. The van der Waals surface area contributed by atoms with Crippen LogP contribution in [0, 0.1) is 0 Å². The lowest BCUT2D eigenvalue weighted by Crippen LogP contribution is -2.47. The number of pyridine rings is 1. The average molecular weight is 326 g/mol. The van der Waals surface area contributed by atoms with Crippen molar-refractivity contribution in [3.63, 3.8) is 0 Å². The molecular weight excluding hydrogens is 310 g/mol. The van der Waals surface area contributed by atoms with Gasteiger partial charge in [0.15, 0.2) is 0 Å². The second-order valence-corrected chi connectivity index (χ2v) is 5.83. The van der Waals surface area contributed by atoms with Crippen LogP contribution in [0.15, 0.2) is 48.7 Å². The number of hydrogen-bond donors (Lipinski definition) is 0. The molecule has 5 nitrogen and oxygen atoms in total. The zero-order valence-corrected chi connectivity index (χ0v) is 13.3. The van der Waals surface area contributed by atoms with Gasteiger partial charge in [-0.3, -0.25) is 0 Å². The Hall–Kier alpha value is -2.40. The van der Waals surface area contributed by atoms with Crippen molar-refractivity contribution in [3.8, 4) is 0 Å². The van der Waals surface area contributed by atoms with E-state index in [2.05, 4.69) is 24.8 Å². The van der Waals surface area contributed by atoms with Gasteiger partial charge in [-0.1, -0.05) is 18.2 Å². The summed E-state index contributed by atoms with van der Waals surface area (Å²) in [6, 6.07) is 14.0. The van der Waals surface area contributed by atoms with E-state index in [4.69, 9.17) is 11.6 Å². The predicted octanol–water partition coefficient (Wildman–Crippen LogP) is 3.00. The maximum absolute atomic E-state index is 6.10. The number of anilines is 2. The molecule has 0 radical (unpaired) electrons. The van der Waals surface area contributed by atoms with Gasteiger partial charge in [0.25, 0.3) is 0 Å². The fraction of sp³-hybridized carbons (Fsp3) is 0.235. The van der Waals surface area contributed by atoms with E-state index in [1.54, 1.807) is 0 Å². The molecule has 6 heteroatoms. The van der Waals surface area contributed by atoms with Gasteiger partial charge in [0, 0.05) is 37.8 Å². The molecule has 0 aliphatic carbocycles. The molecule has 1 fully saturated rings. The van der Waals surface area contributed by atoms with Gasteiger partial charge in [-0.2, -0.15) is 4.98 Å². The Labute approximate surface area is 139 Å². The molecule has 0 N–H and O–H groups in total. The number of para-hydroxylation sites is 1. The summed E-state index contributed by atoms with van der Waals surface area (Å²) >= 11 is 6.10. The normalized spacial score (nSPS) is 15.2. The first-order chi connectivity index (χ1) is 11.3. The van der Waals surface area contributed by atoms with Crippen LogP contribution in [0.2, 0.25) is 5.28 Å². The molecule has 0 amide bonds. The van der Waals surface area contributed by atoms with Crippen molar-refractivity contribution in [3.05, 3.63) is 53.9 Å². The fourth-order valence-corrected chi connectivity index (χ4v) is 3.13. The Morgan fingerprint density at radius 3 is 2.35 bits per heavy atom. The minimum absolute atomic E-state index is 0.297. The number of aromatic nitrogens is 3. The molecule has 3 heterocycles. The Morgan fingerprint density at radius 1 is 0.826 bits per heavy atom. The van der Waals surface area contributed by atoms with Crippen LogP contribution in [0.3, 0.4) is 0 Å². The van der Waals surface area contributed by atoms with Crippen molar-refractivity contribution in [2.24, 2.45) is 0 Å². The number of rotatable bonds is 2. The molecule has 0 unspecified atom stereocenters. The summed E-state index contributed by atoms with van der Waals surface area (Å²) in [4.78, 5) is 17.8. The molecule has 0 saturated carbocycles. The van der Waals surface area contributed by atoms with E-state index in [0.717, 1.165) is 48.7 Å². The molecule has 116 valence electrons. The van der Waals surface area contributed by atoms with Gasteiger partial charge in [-0.15, -0.1) is 0 Å². The molecular formula is C17H16ClN5. The number of benzene rings is 1.